The highest BCUT2D eigenvalue weighted by Crippen LogP contribution is 2.26. The SMILES string of the molecule is C=C(C)CO[C@H]1CCC[C@H](N(C(=O)OC(C)(C)C)C(=O)OC(C)(C)C)C(=O)O[C@@H](C)[C@@H]1O/C=C/C(C)=O. The monoisotopic (exact) mass is 525 g/mol. The molecule has 37 heavy (non-hydrogen) atoms. The quantitative estimate of drug-likeness (QED) is 0.147. The summed E-state index contributed by atoms with van der Waals surface area (Å²) in [5.74, 6) is -1.02. The lowest BCUT2D eigenvalue weighted by atomic mass is 10.0. The van der Waals surface area contributed by atoms with Crippen molar-refractivity contribution in [3.8, 4) is 0 Å². The highest BCUT2D eigenvalue weighted by molar-refractivity contribution is 5.94. The molecule has 1 fully saturated rings. The molecule has 2 amide bonds. The van der Waals surface area contributed by atoms with Gasteiger partial charge in [0, 0.05) is 6.08 Å². The summed E-state index contributed by atoms with van der Waals surface area (Å²) in [5.41, 5.74) is -1.05. The lowest BCUT2D eigenvalue weighted by molar-refractivity contribution is -0.164. The number of amides is 2. The summed E-state index contributed by atoms with van der Waals surface area (Å²) in [6.07, 6.45) is -0.756. The molecule has 1 aliphatic rings. The summed E-state index contributed by atoms with van der Waals surface area (Å²) in [6, 6.07) is -1.29. The molecule has 0 spiro atoms. The highest BCUT2D eigenvalue weighted by atomic mass is 16.6. The van der Waals surface area contributed by atoms with Gasteiger partial charge in [0.1, 0.15) is 23.3 Å². The van der Waals surface area contributed by atoms with Crippen LogP contribution < -0.4 is 0 Å². The summed E-state index contributed by atoms with van der Waals surface area (Å²) in [5, 5.41) is 0. The Morgan fingerprint density at radius 2 is 1.57 bits per heavy atom. The molecule has 10 nitrogen and oxygen atoms in total. The van der Waals surface area contributed by atoms with Crippen LogP contribution in [-0.2, 0) is 33.3 Å². The number of carbonyl (C=O) groups excluding carboxylic acids is 4. The molecule has 4 atom stereocenters. The Kier molecular flexibility index (Phi) is 11.8. The summed E-state index contributed by atoms with van der Waals surface area (Å²) in [6.45, 7) is 18.9. The first kappa shape index (κ1) is 32.1. The van der Waals surface area contributed by atoms with Crippen molar-refractivity contribution in [1.82, 2.24) is 4.90 Å². The van der Waals surface area contributed by atoms with E-state index in [1.165, 1.54) is 19.3 Å². The molecule has 0 N–H and O–H groups in total. The summed E-state index contributed by atoms with van der Waals surface area (Å²) in [7, 11) is 0. The van der Waals surface area contributed by atoms with E-state index in [2.05, 4.69) is 6.58 Å². The molecule has 0 aliphatic carbocycles. The zero-order valence-electron chi connectivity index (χ0n) is 23.6. The number of carbonyl (C=O) groups is 4. The van der Waals surface area contributed by atoms with Crippen LogP contribution in [0.1, 0.15) is 81.6 Å². The van der Waals surface area contributed by atoms with Gasteiger partial charge >= 0.3 is 18.2 Å². The predicted molar refractivity (Wildman–Crippen MR) is 137 cm³/mol. The van der Waals surface area contributed by atoms with E-state index in [0.29, 0.717) is 17.7 Å². The number of cyclic esters (lactones) is 1. The van der Waals surface area contributed by atoms with Crippen molar-refractivity contribution >= 4 is 23.9 Å². The Morgan fingerprint density at radius 3 is 2.03 bits per heavy atom. The minimum atomic E-state index is -1.29. The lowest BCUT2D eigenvalue weighted by Crippen LogP contribution is -2.53. The van der Waals surface area contributed by atoms with E-state index in [4.69, 9.17) is 23.7 Å². The third kappa shape index (κ3) is 11.8. The van der Waals surface area contributed by atoms with Crippen LogP contribution in [0.4, 0.5) is 9.59 Å². The van der Waals surface area contributed by atoms with Gasteiger partial charge in [0.15, 0.2) is 11.9 Å². The summed E-state index contributed by atoms with van der Waals surface area (Å²) in [4.78, 5) is 51.6. The fourth-order valence-corrected chi connectivity index (χ4v) is 3.46. The van der Waals surface area contributed by atoms with Crippen molar-refractivity contribution in [3.05, 3.63) is 24.5 Å². The third-order valence-corrected chi connectivity index (χ3v) is 4.94. The predicted octanol–water partition coefficient (Wildman–Crippen LogP) is 5.09. The Hall–Kier alpha value is -2.88. The van der Waals surface area contributed by atoms with E-state index >= 15 is 0 Å². The van der Waals surface area contributed by atoms with Crippen molar-refractivity contribution in [1.29, 1.82) is 0 Å². The number of hydrogen-bond acceptors (Lipinski definition) is 9. The fraction of sp³-hybridized carbons (Fsp3) is 0.704. The zero-order chi connectivity index (χ0) is 28.6. The molecular formula is C27H43NO9. The van der Waals surface area contributed by atoms with E-state index in [-0.39, 0.29) is 18.8 Å². The second-order valence-electron chi connectivity index (χ2n) is 11.2. The molecule has 1 saturated heterocycles. The van der Waals surface area contributed by atoms with Crippen LogP contribution in [0.15, 0.2) is 24.5 Å². The van der Waals surface area contributed by atoms with Crippen LogP contribution in [0.3, 0.4) is 0 Å². The number of nitrogens with zero attached hydrogens (tertiary/aromatic N) is 1. The average molecular weight is 526 g/mol. The number of imide groups is 1. The Labute approximate surface area is 220 Å². The minimum Gasteiger partial charge on any atom is -0.491 e. The van der Waals surface area contributed by atoms with Crippen molar-refractivity contribution in [3.63, 3.8) is 0 Å². The maximum absolute atomic E-state index is 13.4. The normalized spacial score (nSPS) is 23.2. The Balaban J connectivity index is 3.36. The van der Waals surface area contributed by atoms with Gasteiger partial charge in [-0.1, -0.05) is 12.2 Å². The molecule has 0 aromatic carbocycles. The minimum absolute atomic E-state index is 0.0903. The van der Waals surface area contributed by atoms with Gasteiger partial charge in [-0.2, -0.15) is 4.90 Å². The van der Waals surface area contributed by atoms with Gasteiger partial charge < -0.3 is 23.7 Å². The summed E-state index contributed by atoms with van der Waals surface area (Å²) < 4.78 is 28.3. The molecule has 210 valence electrons. The maximum atomic E-state index is 13.4. The van der Waals surface area contributed by atoms with Gasteiger partial charge in [-0.15, -0.1) is 0 Å². The van der Waals surface area contributed by atoms with E-state index < -0.39 is 53.7 Å². The van der Waals surface area contributed by atoms with Crippen LogP contribution >= 0.6 is 0 Å². The molecular weight excluding hydrogens is 482 g/mol. The average Bonchev–Trinajstić information content (AvgIpc) is 2.74. The van der Waals surface area contributed by atoms with Gasteiger partial charge in [0.05, 0.1) is 19.0 Å². The first-order valence-electron chi connectivity index (χ1n) is 12.5. The van der Waals surface area contributed by atoms with Crippen LogP contribution in [0.25, 0.3) is 0 Å². The van der Waals surface area contributed by atoms with Crippen molar-refractivity contribution in [2.75, 3.05) is 6.61 Å². The van der Waals surface area contributed by atoms with Gasteiger partial charge in [-0.3, -0.25) is 4.79 Å². The van der Waals surface area contributed by atoms with Crippen LogP contribution in [0.5, 0.6) is 0 Å². The first-order chi connectivity index (χ1) is 16.9. The van der Waals surface area contributed by atoms with E-state index in [9.17, 15) is 19.2 Å². The smallest absolute Gasteiger partial charge is 0.420 e. The van der Waals surface area contributed by atoms with Crippen molar-refractivity contribution < 1.29 is 42.9 Å². The number of hydrogen-bond donors (Lipinski definition) is 0. The van der Waals surface area contributed by atoms with E-state index in [1.807, 2.05) is 6.92 Å². The molecule has 0 unspecified atom stereocenters. The topological polar surface area (TPSA) is 118 Å². The highest BCUT2D eigenvalue weighted by Gasteiger charge is 2.43. The number of ketones is 1. The zero-order valence-corrected chi connectivity index (χ0v) is 23.6. The molecule has 0 radical (unpaired) electrons. The number of esters is 1. The molecule has 0 aromatic heterocycles. The molecule has 1 aliphatic heterocycles. The van der Waals surface area contributed by atoms with Crippen LogP contribution in [-0.4, -0.2) is 71.0 Å². The Bertz CT molecular complexity index is 838. The molecule has 1 rings (SSSR count). The van der Waals surface area contributed by atoms with Gasteiger partial charge in [0.25, 0.3) is 0 Å². The molecule has 0 aromatic rings. The van der Waals surface area contributed by atoms with E-state index in [0.717, 1.165) is 5.57 Å². The van der Waals surface area contributed by atoms with Gasteiger partial charge in [0.2, 0.25) is 0 Å². The standard InChI is InChI=1S/C27H43NO9/c1-17(2)16-34-21-13-11-12-20(23(30)35-19(4)22(21)33-15-14-18(3)29)28(24(31)36-26(5,6)7)25(32)37-27(8,9)10/h14-15,19-22H,1,11-13,16H2,2-10H3/b15-14+/t19-,20-,21-,22-/m0/s1. The second kappa shape index (κ2) is 13.6. The third-order valence-electron chi connectivity index (χ3n) is 4.94. The first-order valence-corrected chi connectivity index (χ1v) is 12.5. The maximum Gasteiger partial charge on any atom is 0.420 e. The number of rotatable bonds is 7. The summed E-state index contributed by atoms with van der Waals surface area (Å²) >= 11 is 0. The molecule has 0 bridgehead atoms. The number of allylic oxidation sites excluding steroid dienone is 1. The fourth-order valence-electron chi connectivity index (χ4n) is 3.46. The number of ether oxygens (including phenoxy) is 5. The second-order valence-corrected chi connectivity index (χ2v) is 11.2. The van der Waals surface area contributed by atoms with Crippen LogP contribution in [0, 0.1) is 0 Å². The largest absolute Gasteiger partial charge is 0.491 e. The van der Waals surface area contributed by atoms with E-state index in [1.54, 1.807) is 48.5 Å². The van der Waals surface area contributed by atoms with Crippen molar-refractivity contribution in [2.45, 2.75) is 117 Å². The lowest BCUT2D eigenvalue weighted by Gasteiger charge is -2.33. The van der Waals surface area contributed by atoms with Gasteiger partial charge in [-0.05, 0) is 81.6 Å². The molecule has 10 heteroatoms. The van der Waals surface area contributed by atoms with Crippen LogP contribution in [0.2, 0.25) is 0 Å². The molecule has 1 heterocycles. The van der Waals surface area contributed by atoms with Gasteiger partial charge in [-0.25, -0.2) is 14.4 Å². The Morgan fingerprint density at radius 1 is 1.03 bits per heavy atom. The molecule has 0 saturated carbocycles. The van der Waals surface area contributed by atoms with Crippen molar-refractivity contribution in [2.24, 2.45) is 0 Å².